The Hall–Kier alpha value is -3.32. The molecule has 0 radical (unpaired) electrons. The first kappa shape index (κ1) is 19.6. The van der Waals surface area contributed by atoms with Gasteiger partial charge >= 0.3 is 5.97 Å². The summed E-state index contributed by atoms with van der Waals surface area (Å²) < 4.78 is 2.18. The molecular formula is C24H25N3O4. The molecule has 0 aliphatic heterocycles. The smallest absolute Gasteiger partial charge is 0.345 e. The Balaban J connectivity index is 1.65. The molecule has 160 valence electrons. The zero-order valence-electron chi connectivity index (χ0n) is 17.6. The quantitative estimate of drug-likeness (QED) is 0.517. The van der Waals surface area contributed by atoms with E-state index in [-0.39, 0.29) is 5.54 Å². The second-order valence-corrected chi connectivity index (χ2v) is 8.86. The van der Waals surface area contributed by atoms with Gasteiger partial charge in [0.2, 0.25) is 0 Å². The van der Waals surface area contributed by atoms with Gasteiger partial charge in [0.1, 0.15) is 5.75 Å². The fraction of sp³-hybridized carbons (Fsp3) is 0.333. The molecule has 2 aliphatic rings. The molecule has 0 spiro atoms. The largest absolute Gasteiger partial charge is 0.506 e. The van der Waals surface area contributed by atoms with Crippen molar-refractivity contribution in [1.82, 2.24) is 14.9 Å². The van der Waals surface area contributed by atoms with Crippen molar-refractivity contribution < 1.29 is 15.0 Å². The normalized spacial score (nSPS) is 16.5. The second-order valence-electron chi connectivity index (χ2n) is 8.86. The van der Waals surface area contributed by atoms with E-state index in [1.807, 2.05) is 24.3 Å². The molecule has 0 bridgehead atoms. The number of fused-ring (bicyclic) bond motifs is 5. The predicted molar refractivity (Wildman–Crippen MR) is 119 cm³/mol. The number of aromatic carboxylic acids is 1. The Bertz CT molecular complexity index is 1330. The molecule has 1 aromatic carbocycles. The molecule has 0 amide bonds. The van der Waals surface area contributed by atoms with E-state index in [9.17, 15) is 19.8 Å². The number of H-pyrrole nitrogens is 1. The molecule has 0 saturated heterocycles. The minimum absolute atomic E-state index is 0.213. The summed E-state index contributed by atoms with van der Waals surface area (Å²) in [6, 6.07) is 6.10. The summed E-state index contributed by atoms with van der Waals surface area (Å²) in [5.74, 6) is -1.90. The van der Waals surface area contributed by atoms with Gasteiger partial charge in [-0.2, -0.15) is 0 Å². The first-order valence-corrected chi connectivity index (χ1v) is 10.5. The van der Waals surface area contributed by atoms with E-state index in [1.165, 1.54) is 25.0 Å². The van der Waals surface area contributed by atoms with Crippen LogP contribution in [0.2, 0.25) is 0 Å². The minimum Gasteiger partial charge on any atom is -0.506 e. The van der Waals surface area contributed by atoms with Crippen LogP contribution in [-0.4, -0.2) is 31.3 Å². The van der Waals surface area contributed by atoms with Gasteiger partial charge < -0.3 is 25.1 Å². The van der Waals surface area contributed by atoms with Crippen LogP contribution in [0.25, 0.3) is 28.2 Å². The van der Waals surface area contributed by atoms with Gasteiger partial charge in [-0.15, -0.1) is 0 Å². The lowest BCUT2D eigenvalue weighted by Crippen LogP contribution is -2.47. The number of allylic oxidation sites excluding steroid dienone is 1. The highest BCUT2D eigenvalue weighted by Gasteiger charge is 2.31. The molecule has 7 heteroatoms. The highest BCUT2D eigenvalue weighted by Crippen LogP contribution is 2.39. The first-order valence-electron chi connectivity index (χ1n) is 10.5. The number of nitrogens with one attached hydrogen (secondary N) is 2. The summed E-state index contributed by atoms with van der Waals surface area (Å²) in [7, 11) is 2.05. The van der Waals surface area contributed by atoms with E-state index in [1.54, 1.807) is 0 Å². The number of aromatic hydroxyl groups is 1. The van der Waals surface area contributed by atoms with Gasteiger partial charge in [-0.1, -0.05) is 18.2 Å². The van der Waals surface area contributed by atoms with E-state index in [0.29, 0.717) is 17.7 Å². The number of nitrogens with zero attached hydrogens (tertiary/aromatic N) is 1. The van der Waals surface area contributed by atoms with E-state index >= 15 is 0 Å². The number of aryl methyl sites for hydroxylation is 1. The van der Waals surface area contributed by atoms with Crippen molar-refractivity contribution in [2.24, 2.45) is 7.05 Å². The zero-order valence-corrected chi connectivity index (χ0v) is 17.6. The predicted octanol–water partition coefficient (Wildman–Crippen LogP) is 3.54. The van der Waals surface area contributed by atoms with Crippen molar-refractivity contribution in [1.29, 1.82) is 0 Å². The van der Waals surface area contributed by atoms with Crippen molar-refractivity contribution in [2.75, 3.05) is 0 Å². The molecule has 7 nitrogen and oxygen atoms in total. The Labute approximate surface area is 179 Å². The lowest BCUT2D eigenvalue weighted by Gasteiger charge is -2.39. The Morgan fingerprint density at radius 3 is 2.77 bits per heavy atom. The van der Waals surface area contributed by atoms with Crippen molar-refractivity contribution in [2.45, 2.75) is 44.7 Å². The average Bonchev–Trinajstić information content (AvgIpc) is 2.89. The third-order valence-corrected chi connectivity index (χ3v) is 6.90. The molecule has 2 aliphatic carbocycles. The summed E-state index contributed by atoms with van der Waals surface area (Å²) >= 11 is 0. The van der Waals surface area contributed by atoms with Crippen molar-refractivity contribution in [3.8, 4) is 17.0 Å². The molecule has 4 N–H and O–H groups in total. The lowest BCUT2D eigenvalue weighted by molar-refractivity contribution is 0.0691. The maximum atomic E-state index is 12.4. The van der Waals surface area contributed by atoms with E-state index in [2.05, 4.69) is 34.9 Å². The van der Waals surface area contributed by atoms with Crippen LogP contribution in [0.5, 0.6) is 5.75 Å². The van der Waals surface area contributed by atoms with Gasteiger partial charge in [-0.3, -0.25) is 4.79 Å². The number of pyridine rings is 1. The zero-order chi connectivity index (χ0) is 21.9. The van der Waals surface area contributed by atoms with Crippen LogP contribution in [0, 0.1) is 0 Å². The molecule has 0 unspecified atom stereocenters. The molecular weight excluding hydrogens is 394 g/mol. The van der Waals surface area contributed by atoms with Crippen molar-refractivity contribution >= 4 is 22.9 Å². The van der Waals surface area contributed by atoms with E-state index < -0.39 is 22.8 Å². The van der Waals surface area contributed by atoms with Gasteiger partial charge in [0.15, 0.2) is 5.56 Å². The highest BCUT2D eigenvalue weighted by atomic mass is 16.4. The van der Waals surface area contributed by atoms with Gasteiger partial charge in [0.25, 0.3) is 5.56 Å². The summed E-state index contributed by atoms with van der Waals surface area (Å²) in [6.45, 7) is 3.04. The number of aromatic amines is 1. The molecule has 1 saturated carbocycles. The fourth-order valence-electron chi connectivity index (χ4n) is 4.79. The van der Waals surface area contributed by atoms with Crippen LogP contribution in [-0.2, 0) is 20.0 Å². The molecule has 2 aromatic heterocycles. The molecule has 31 heavy (non-hydrogen) atoms. The molecule has 3 aromatic rings. The van der Waals surface area contributed by atoms with Gasteiger partial charge in [-0.25, -0.2) is 4.79 Å². The minimum atomic E-state index is -1.44. The number of aromatic nitrogens is 2. The Kier molecular flexibility index (Phi) is 4.34. The number of hydrogen-bond acceptors (Lipinski definition) is 4. The number of carboxylic acid groups (broad SMARTS) is 1. The number of hydrogen-bond donors (Lipinski definition) is 4. The number of carbonyl (C=O) groups is 1. The standard InChI is InChI=1S/C24H25N3O4/c1-24(9-4-10-24)25-12-13-11-17-14-5-3-6-16-20(15(14)7-8-18(17)27(13)2)26-22(29)19(21(16)28)23(30)31/h3,5,7-8,11,25H,4,6,9-10,12H2,1-2H3,(H,30,31)(H2,26,28,29). The van der Waals surface area contributed by atoms with Crippen LogP contribution in [0.15, 0.2) is 29.1 Å². The highest BCUT2D eigenvalue weighted by molar-refractivity contribution is 5.99. The van der Waals surface area contributed by atoms with E-state index in [0.717, 1.165) is 28.6 Å². The molecule has 2 heterocycles. The Morgan fingerprint density at radius 2 is 2.10 bits per heavy atom. The summed E-state index contributed by atoms with van der Waals surface area (Å²) in [6.07, 6.45) is 7.87. The third-order valence-electron chi connectivity index (χ3n) is 6.90. The van der Waals surface area contributed by atoms with Crippen molar-refractivity contribution in [3.63, 3.8) is 0 Å². The van der Waals surface area contributed by atoms with Crippen LogP contribution in [0.3, 0.4) is 0 Å². The van der Waals surface area contributed by atoms with Gasteiger partial charge in [0.05, 0.1) is 5.69 Å². The van der Waals surface area contributed by atoms with Crippen LogP contribution in [0.4, 0.5) is 0 Å². The van der Waals surface area contributed by atoms with Crippen LogP contribution in [0.1, 0.15) is 53.4 Å². The monoisotopic (exact) mass is 419 g/mol. The number of rotatable bonds is 4. The number of carboxylic acids is 1. The third kappa shape index (κ3) is 2.99. The molecule has 1 fully saturated rings. The SMILES string of the molecule is Cn1c(CNC2(C)CCC2)cc2c3c(ccc21)-c1[nH]c(=O)c(C(=O)O)c(O)c1CC=C3. The van der Waals surface area contributed by atoms with Crippen molar-refractivity contribution in [3.05, 3.63) is 57.0 Å². The molecule has 5 rings (SSSR count). The van der Waals surface area contributed by atoms with E-state index in [4.69, 9.17) is 0 Å². The lowest BCUT2D eigenvalue weighted by atomic mass is 9.78. The maximum Gasteiger partial charge on any atom is 0.345 e. The topological polar surface area (TPSA) is 107 Å². The average molecular weight is 419 g/mol. The Morgan fingerprint density at radius 1 is 1.32 bits per heavy atom. The van der Waals surface area contributed by atoms with Crippen LogP contribution >= 0.6 is 0 Å². The fourth-order valence-corrected chi connectivity index (χ4v) is 4.79. The summed E-state index contributed by atoms with van der Waals surface area (Å²) in [5.41, 5.74) is 3.66. The summed E-state index contributed by atoms with van der Waals surface area (Å²) in [5, 5.41) is 24.6. The second kappa shape index (κ2) is 6.85. The van der Waals surface area contributed by atoms with Crippen LogP contribution < -0.4 is 10.9 Å². The maximum absolute atomic E-state index is 12.4. The summed E-state index contributed by atoms with van der Waals surface area (Å²) in [4.78, 5) is 26.5. The van der Waals surface area contributed by atoms with Gasteiger partial charge in [0, 0.05) is 46.9 Å². The van der Waals surface area contributed by atoms with Gasteiger partial charge in [-0.05, 0) is 50.3 Å². The first-order chi connectivity index (χ1) is 14.8. The number of benzene rings is 1. The molecule has 0 atom stereocenters.